The third-order valence-corrected chi connectivity index (χ3v) is 2.64. The first kappa shape index (κ1) is 10.9. The number of carboxylic acids is 1. The molecular weight excluding hydrogens is 274 g/mol. The highest BCUT2D eigenvalue weighted by atomic mass is 79.9. The van der Waals surface area contributed by atoms with Crippen molar-refractivity contribution < 1.29 is 14.6 Å². The van der Waals surface area contributed by atoms with Crippen LogP contribution < -0.4 is 4.74 Å². The number of hydrogen-bond donors (Lipinski definition) is 1. The number of fused-ring (bicyclic) bond motifs is 1. The fourth-order valence-corrected chi connectivity index (χ4v) is 1.80. The van der Waals surface area contributed by atoms with Crippen LogP contribution >= 0.6 is 15.9 Å². The summed E-state index contributed by atoms with van der Waals surface area (Å²) in [7, 11) is 0. The number of aromatic nitrogens is 1. The number of benzene rings is 1. The van der Waals surface area contributed by atoms with Crippen LogP contribution in [-0.4, -0.2) is 22.7 Å². The van der Waals surface area contributed by atoms with Gasteiger partial charge < -0.3 is 9.84 Å². The number of aliphatic carboxylic acids is 1. The molecule has 1 aromatic heterocycles. The fourth-order valence-electron chi connectivity index (χ4n) is 1.36. The van der Waals surface area contributed by atoms with Gasteiger partial charge in [-0.3, -0.25) is 4.98 Å². The predicted molar refractivity (Wildman–Crippen MR) is 62.6 cm³/mol. The maximum atomic E-state index is 10.5. The normalized spacial score (nSPS) is 10.3. The number of rotatable bonds is 3. The maximum Gasteiger partial charge on any atom is 0.341 e. The number of hydrogen-bond acceptors (Lipinski definition) is 3. The van der Waals surface area contributed by atoms with Gasteiger partial charge in [-0.25, -0.2) is 4.79 Å². The Morgan fingerprint density at radius 2 is 2.25 bits per heavy atom. The van der Waals surface area contributed by atoms with Crippen LogP contribution in [0.25, 0.3) is 10.9 Å². The number of carboxylic acid groups (broad SMARTS) is 1. The third kappa shape index (κ3) is 2.14. The van der Waals surface area contributed by atoms with E-state index in [0.29, 0.717) is 15.7 Å². The zero-order valence-corrected chi connectivity index (χ0v) is 9.77. The summed E-state index contributed by atoms with van der Waals surface area (Å²) < 4.78 is 5.90. The van der Waals surface area contributed by atoms with E-state index in [4.69, 9.17) is 9.84 Å². The van der Waals surface area contributed by atoms with Crippen LogP contribution in [0.1, 0.15) is 0 Å². The second-order valence-electron chi connectivity index (χ2n) is 3.13. The summed E-state index contributed by atoms with van der Waals surface area (Å²) in [5, 5.41) is 9.49. The Labute approximate surface area is 100.0 Å². The molecule has 5 heteroatoms. The predicted octanol–water partition coefficient (Wildman–Crippen LogP) is 2.46. The average Bonchev–Trinajstić information content (AvgIpc) is 2.27. The Kier molecular flexibility index (Phi) is 3.05. The molecule has 0 saturated heterocycles. The monoisotopic (exact) mass is 281 g/mol. The molecule has 1 heterocycles. The Morgan fingerprint density at radius 3 is 3.00 bits per heavy atom. The lowest BCUT2D eigenvalue weighted by molar-refractivity contribution is -0.139. The molecule has 0 aliphatic carbocycles. The van der Waals surface area contributed by atoms with Crippen LogP contribution in [0.15, 0.2) is 34.9 Å². The van der Waals surface area contributed by atoms with Gasteiger partial charge in [0.15, 0.2) is 12.4 Å². The van der Waals surface area contributed by atoms with Gasteiger partial charge in [0.2, 0.25) is 0 Å². The zero-order valence-electron chi connectivity index (χ0n) is 8.18. The summed E-state index contributed by atoms with van der Waals surface area (Å²) >= 11 is 3.31. The van der Waals surface area contributed by atoms with E-state index < -0.39 is 5.97 Å². The van der Waals surface area contributed by atoms with Gasteiger partial charge in [0.05, 0.1) is 4.47 Å². The molecule has 0 bridgehead atoms. The second kappa shape index (κ2) is 4.49. The first-order valence-electron chi connectivity index (χ1n) is 4.56. The van der Waals surface area contributed by atoms with Crippen molar-refractivity contribution in [2.75, 3.05) is 6.61 Å². The van der Waals surface area contributed by atoms with E-state index in [0.717, 1.165) is 5.39 Å². The van der Waals surface area contributed by atoms with Crippen molar-refractivity contribution in [3.63, 3.8) is 0 Å². The van der Waals surface area contributed by atoms with Gasteiger partial charge in [-0.05, 0) is 28.1 Å². The van der Waals surface area contributed by atoms with E-state index >= 15 is 0 Å². The molecule has 2 aromatic rings. The Balaban J connectivity index is 2.48. The van der Waals surface area contributed by atoms with Crippen LogP contribution in [0.4, 0.5) is 0 Å². The molecule has 4 nitrogen and oxygen atoms in total. The van der Waals surface area contributed by atoms with Gasteiger partial charge in [0.25, 0.3) is 0 Å². The number of nitrogens with zero attached hydrogens (tertiary/aromatic N) is 1. The van der Waals surface area contributed by atoms with Crippen molar-refractivity contribution in [1.29, 1.82) is 0 Å². The Hall–Kier alpha value is -1.62. The van der Waals surface area contributed by atoms with Gasteiger partial charge in [0, 0.05) is 11.6 Å². The summed E-state index contributed by atoms with van der Waals surface area (Å²) in [5.41, 5.74) is 0.651. The summed E-state index contributed by atoms with van der Waals surface area (Å²) in [6.07, 6.45) is 1.64. The highest BCUT2D eigenvalue weighted by Crippen LogP contribution is 2.32. The van der Waals surface area contributed by atoms with Gasteiger partial charge >= 0.3 is 5.97 Å². The smallest absolute Gasteiger partial charge is 0.341 e. The first-order chi connectivity index (χ1) is 7.68. The minimum absolute atomic E-state index is 0.381. The van der Waals surface area contributed by atoms with E-state index in [-0.39, 0.29) is 6.61 Å². The van der Waals surface area contributed by atoms with E-state index in [1.807, 2.05) is 18.2 Å². The van der Waals surface area contributed by atoms with Crippen molar-refractivity contribution in [3.8, 4) is 5.75 Å². The molecule has 1 aromatic carbocycles. The molecule has 82 valence electrons. The molecule has 1 N–H and O–H groups in total. The zero-order chi connectivity index (χ0) is 11.5. The topological polar surface area (TPSA) is 59.4 Å². The Morgan fingerprint density at radius 1 is 1.44 bits per heavy atom. The molecule has 0 atom stereocenters. The Bertz CT molecular complexity index is 542. The highest BCUT2D eigenvalue weighted by Gasteiger charge is 2.09. The molecule has 0 spiro atoms. The summed E-state index contributed by atoms with van der Waals surface area (Å²) in [6, 6.07) is 7.40. The summed E-state index contributed by atoms with van der Waals surface area (Å²) in [6.45, 7) is -0.381. The molecule has 0 saturated carbocycles. The minimum atomic E-state index is -1.01. The summed E-state index contributed by atoms with van der Waals surface area (Å²) in [5.74, 6) is -0.555. The third-order valence-electron chi connectivity index (χ3n) is 2.02. The lowest BCUT2D eigenvalue weighted by Crippen LogP contribution is -2.10. The standard InChI is InChI=1S/C11H8BrNO3/c12-8-4-3-7-2-1-5-13-10(7)11(8)16-6-9(14)15/h1-5H,6H2,(H,14,15). The minimum Gasteiger partial charge on any atom is -0.479 e. The highest BCUT2D eigenvalue weighted by molar-refractivity contribution is 9.10. The van der Waals surface area contributed by atoms with Crippen molar-refractivity contribution in [2.45, 2.75) is 0 Å². The largest absolute Gasteiger partial charge is 0.479 e. The lowest BCUT2D eigenvalue weighted by atomic mass is 10.2. The number of ether oxygens (including phenoxy) is 1. The van der Waals surface area contributed by atoms with Crippen LogP contribution in [-0.2, 0) is 4.79 Å². The molecule has 0 aliphatic heterocycles. The molecule has 0 unspecified atom stereocenters. The average molecular weight is 282 g/mol. The van der Waals surface area contributed by atoms with Crippen molar-refractivity contribution >= 4 is 32.8 Å². The van der Waals surface area contributed by atoms with Gasteiger partial charge in [0.1, 0.15) is 5.52 Å². The molecule has 16 heavy (non-hydrogen) atoms. The van der Waals surface area contributed by atoms with Crippen molar-refractivity contribution in [1.82, 2.24) is 4.98 Å². The van der Waals surface area contributed by atoms with Gasteiger partial charge in [-0.2, -0.15) is 0 Å². The van der Waals surface area contributed by atoms with Crippen LogP contribution in [0.3, 0.4) is 0 Å². The van der Waals surface area contributed by atoms with Crippen LogP contribution in [0.5, 0.6) is 5.75 Å². The number of halogens is 1. The molecular formula is C11H8BrNO3. The molecule has 0 fully saturated rings. The maximum absolute atomic E-state index is 10.5. The molecule has 0 radical (unpaired) electrons. The van der Waals surface area contributed by atoms with E-state index in [1.54, 1.807) is 12.3 Å². The SMILES string of the molecule is O=C(O)COc1c(Br)ccc2cccnc12. The number of pyridine rings is 1. The fraction of sp³-hybridized carbons (Fsp3) is 0.0909. The quantitative estimate of drug-likeness (QED) is 0.939. The van der Waals surface area contributed by atoms with Gasteiger partial charge in [-0.1, -0.05) is 12.1 Å². The van der Waals surface area contributed by atoms with Crippen molar-refractivity contribution in [3.05, 3.63) is 34.9 Å². The first-order valence-corrected chi connectivity index (χ1v) is 5.35. The second-order valence-corrected chi connectivity index (χ2v) is 3.99. The van der Waals surface area contributed by atoms with E-state index in [1.165, 1.54) is 0 Å². The lowest BCUT2D eigenvalue weighted by Gasteiger charge is -2.08. The van der Waals surface area contributed by atoms with E-state index in [9.17, 15) is 4.79 Å². The van der Waals surface area contributed by atoms with Gasteiger partial charge in [-0.15, -0.1) is 0 Å². The van der Waals surface area contributed by atoms with Crippen molar-refractivity contribution in [2.24, 2.45) is 0 Å². The number of carbonyl (C=O) groups is 1. The van der Waals surface area contributed by atoms with E-state index in [2.05, 4.69) is 20.9 Å². The van der Waals surface area contributed by atoms with Crippen LogP contribution in [0, 0.1) is 0 Å². The molecule has 0 amide bonds. The molecule has 2 rings (SSSR count). The summed E-state index contributed by atoms with van der Waals surface area (Å²) in [4.78, 5) is 14.6. The van der Waals surface area contributed by atoms with Crippen LogP contribution in [0.2, 0.25) is 0 Å². The molecule has 0 aliphatic rings.